The average molecular weight is 252 g/mol. The highest BCUT2D eigenvalue weighted by atomic mass is 16.6. The number of rotatable bonds is 3. The highest BCUT2D eigenvalue weighted by molar-refractivity contribution is 5.38. The number of nitrogens with one attached hydrogen (secondary N) is 1. The second-order valence-corrected chi connectivity index (χ2v) is 3.65. The number of aliphatic hydroxyl groups excluding tert-OH is 1. The molecule has 1 aromatic heterocycles. The number of nitrogens with zero attached hydrogens (tertiary/aromatic N) is 2. The van der Waals surface area contributed by atoms with Gasteiger partial charge in [0.1, 0.15) is 6.10 Å². The number of hydrogen-bond donors (Lipinski definition) is 2. The van der Waals surface area contributed by atoms with Crippen molar-refractivity contribution in [3.05, 3.63) is 50.5 Å². The van der Waals surface area contributed by atoms with Crippen LogP contribution in [0.1, 0.15) is 18.7 Å². The molecule has 0 amide bonds. The number of hydrogen-bond acceptors (Lipinski definition) is 5. The summed E-state index contributed by atoms with van der Waals surface area (Å²) in [7, 11) is 0. The normalized spacial score (nSPS) is 12.3. The molecule has 8 nitrogen and oxygen atoms in total. The number of benzene rings is 1. The molecule has 0 aliphatic carbocycles. The van der Waals surface area contributed by atoms with Gasteiger partial charge in [-0.25, -0.2) is 4.79 Å². The van der Waals surface area contributed by atoms with Crippen LogP contribution in [0.25, 0.3) is 5.69 Å². The van der Waals surface area contributed by atoms with Gasteiger partial charge in [0.15, 0.2) is 0 Å². The first kappa shape index (κ1) is 12.0. The molecule has 1 aromatic carbocycles. The monoisotopic (exact) mass is 252 g/mol. The topological polar surface area (TPSA) is 113 Å². The molecule has 0 saturated heterocycles. The summed E-state index contributed by atoms with van der Waals surface area (Å²) < 4.78 is 5.73. The number of aliphatic hydroxyl groups is 1. The van der Waals surface area contributed by atoms with E-state index in [0.29, 0.717) is 5.69 Å². The molecule has 2 N–H and O–H groups in total. The average Bonchev–Trinajstić information content (AvgIpc) is 2.71. The molecule has 0 bridgehead atoms. The SMILES string of the molecule is CC(O)c1c(=O)o[nH][n+]1-c1cccc([N+](=O)[O-])c1. The summed E-state index contributed by atoms with van der Waals surface area (Å²) in [5, 5.41) is 22.4. The zero-order chi connectivity index (χ0) is 13.3. The van der Waals surface area contributed by atoms with Crippen molar-refractivity contribution in [3.8, 4) is 5.69 Å². The first-order chi connectivity index (χ1) is 8.50. The largest absolute Gasteiger partial charge is 0.433 e. The lowest BCUT2D eigenvalue weighted by Gasteiger charge is -1.96. The first-order valence-electron chi connectivity index (χ1n) is 5.07. The van der Waals surface area contributed by atoms with E-state index in [1.165, 1.54) is 29.8 Å². The maximum absolute atomic E-state index is 11.4. The quantitative estimate of drug-likeness (QED) is 0.460. The van der Waals surface area contributed by atoms with E-state index in [0.717, 1.165) is 0 Å². The fourth-order valence-electron chi connectivity index (χ4n) is 1.57. The van der Waals surface area contributed by atoms with Crippen LogP contribution in [0.15, 0.2) is 33.6 Å². The summed E-state index contributed by atoms with van der Waals surface area (Å²) in [6.07, 6.45) is -1.06. The molecule has 1 unspecified atom stereocenters. The third-order valence-corrected chi connectivity index (χ3v) is 2.37. The van der Waals surface area contributed by atoms with Crippen molar-refractivity contribution in [2.45, 2.75) is 13.0 Å². The van der Waals surface area contributed by atoms with Crippen molar-refractivity contribution in [2.75, 3.05) is 0 Å². The van der Waals surface area contributed by atoms with E-state index >= 15 is 0 Å². The Balaban J connectivity index is 2.59. The Bertz CT molecular complexity index is 643. The van der Waals surface area contributed by atoms with Gasteiger partial charge in [-0.3, -0.25) is 14.6 Å². The predicted molar refractivity (Wildman–Crippen MR) is 58.1 cm³/mol. The van der Waals surface area contributed by atoms with Gasteiger partial charge in [0.25, 0.3) is 5.69 Å². The number of aromatic amines is 1. The zero-order valence-corrected chi connectivity index (χ0v) is 9.36. The first-order valence-corrected chi connectivity index (χ1v) is 5.07. The molecule has 1 heterocycles. The van der Waals surface area contributed by atoms with Crippen molar-refractivity contribution in [1.82, 2.24) is 5.27 Å². The van der Waals surface area contributed by atoms with Gasteiger partial charge in [-0.1, -0.05) is 0 Å². The molecule has 8 heteroatoms. The van der Waals surface area contributed by atoms with E-state index in [9.17, 15) is 20.0 Å². The van der Waals surface area contributed by atoms with E-state index in [-0.39, 0.29) is 11.4 Å². The highest BCUT2D eigenvalue weighted by Crippen LogP contribution is 2.13. The highest BCUT2D eigenvalue weighted by Gasteiger charge is 2.28. The van der Waals surface area contributed by atoms with Crippen molar-refractivity contribution in [1.29, 1.82) is 0 Å². The van der Waals surface area contributed by atoms with Crippen LogP contribution in [-0.2, 0) is 0 Å². The second kappa shape index (κ2) is 4.41. The Morgan fingerprint density at radius 1 is 1.56 bits per heavy atom. The molecule has 0 aliphatic heterocycles. The lowest BCUT2D eigenvalue weighted by Crippen LogP contribution is -2.39. The Kier molecular flexibility index (Phi) is 2.94. The van der Waals surface area contributed by atoms with E-state index < -0.39 is 16.7 Å². The Morgan fingerprint density at radius 2 is 2.28 bits per heavy atom. The van der Waals surface area contributed by atoms with Crippen LogP contribution in [0.4, 0.5) is 5.69 Å². The van der Waals surface area contributed by atoms with Crippen LogP contribution in [0, 0.1) is 10.1 Å². The molecule has 0 saturated carbocycles. The Hall–Kier alpha value is -2.48. The van der Waals surface area contributed by atoms with Crippen molar-refractivity contribution in [3.63, 3.8) is 0 Å². The van der Waals surface area contributed by atoms with Crippen LogP contribution < -0.4 is 10.3 Å². The smallest absolute Gasteiger partial charge is 0.382 e. The lowest BCUT2D eigenvalue weighted by molar-refractivity contribution is -0.680. The van der Waals surface area contributed by atoms with Gasteiger partial charge < -0.3 is 5.11 Å². The summed E-state index contributed by atoms with van der Waals surface area (Å²) in [6.45, 7) is 1.40. The van der Waals surface area contributed by atoms with Crippen LogP contribution in [0.2, 0.25) is 0 Å². The summed E-state index contributed by atoms with van der Waals surface area (Å²) in [5.74, 6) is 0. The maximum atomic E-state index is 11.4. The molecule has 18 heavy (non-hydrogen) atoms. The van der Waals surface area contributed by atoms with Gasteiger partial charge in [0, 0.05) is 12.1 Å². The van der Waals surface area contributed by atoms with Crippen molar-refractivity contribution >= 4 is 5.69 Å². The van der Waals surface area contributed by atoms with Gasteiger partial charge in [-0.05, 0) is 22.9 Å². The molecule has 2 rings (SSSR count). The minimum absolute atomic E-state index is 0.0319. The Morgan fingerprint density at radius 3 is 2.89 bits per heavy atom. The standard InChI is InChI=1S/C10H9N3O5/c1-6(14)9-10(15)18-11-12(9)7-3-2-4-8(5-7)13(16)17/h2-6,14H,1H3/p+1. The minimum Gasteiger partial charge on any atom is -0.382 e. The number of nitro benzene ring substituents is 1. The van der Waals surface area contributed by atoms with Crippen LogP contribution in [0.5, 0.6) is 0 Å². The fourth-order valence-corrected chi connectivity index (χ4v) is 1.57. The fraction of sp³-hybridized carbons (Fsp3) is 0.200. The number of non-ortho nitro benzene ring substituents is 1. The number of H-pyrrole nitrogens is 1. The van der Waals surface area contributed by atoms with Crippen LogP contribution in [0.3, 0.4) is 0 Å². The molecule has 94 valence electrons. The number of aromatic nitrogens is 2. The summed E-state index contributed by atoms with van der Waals surface area (Å²) in [4.78, 5) is 21.5. The molecule has 0 radical (unpaired) electrons. The van der Waals surface area contributed by atoms with Gasteiger partial charge in [-0.2, -0.15) is 0 Å². The third kappa shape index (κ3) is 2.00. The zero-order valence-electron chi connectivity index (χ0n) is 9.36. The minimum atomic E-state index is -1.06. The van der Waals surface area contributed by atoms with E-state index in [4.69, 9.17) is 0 Å². The maximum Gasteiger partial charge on any atom is 0.433 e. The molecular formula is C10H10N3O5+. The lowest BCUT2D eigenvalue weighted by atomic mass is 10.2. The third-order valence-electron chi connectivity index (χ3n) is 2.37. The molecule has 0 spiro atoms. The van der Waals surface area contributed by atoms with Gasteiger partial charge in [0.2, 0.25) is 5.69 Å². The van der Waals surface area contributed by atoms with Gasteiger partial charge in [-0.15, -0.1) is 0 Å². The van der Waals surface area contributed by atoms with Crippen molar-refractivity contribution < 1.29 is 19.2 Å². The summed E-state index contributed by atoms with van der Waals surface area (Å²) in [6, 6.07) is 5.60. The van der Waals surface area contributed by atoms with Gasteiger partial charge in [0.05, 0.1) is 11.0 Å². The van der Waals surface area contributed by atoms with Crippen LogP contribution >= 0.6 is 0 Å². The summed E-state index contributed by atoms with van der Waals surface area (Å²) >= 11 is 0. The van der Waals surface area contributed by atoms with Crippen molar-refractivity contribution in [2.24, 2.45) is 0 Å². The molecule has 1 atom stereocenters. The van der Waals surface area contributed by atoms with Gasteiger partial charge >= 0.3 is 11.3 Å². The van der Waals surface area contributed by atoms with E-state index in [1.807, 2.05) is 0 Å². The number of nitro groups is 1. The molecule has 0 fully saturated rings. The van der Waals surface area contributed by atoms with Crippen LogP contribution in [-0.4, -0.2) is 15.3 Å². The predicted octanol–water partition coefficient (Wildman–Crippen LogP) is 0.206. The molecule has 2 aromatic rings. The molecule has 0 aliphatic rings. The Labute approximate surface area is 100 Å². The summed E-state index contributed by atoms with van der Waals surface area (Å²) in [5.41, 5.74) is -0.559. The molecular weight excluding hydrogens is 242 g/mol. The van der Waals surface area contributed by atoms with E-state index in [1.54, 1.807) is 6.07 Å². The van der Waals surface area contributed by atoms with E-state index in [2.05, 4.69) is 9.79 Å². The second-order valence-electron chi connectivity index (χ2n) is 3.65.